The Hall–Kier alpha value is -3.17. The molecule has 2 aromatic rings. The summed E-state index contributed by atoms with van der Waals surface area (Å²) in [7, 11) is 1.46. The van der Waals surface area contributed by atoms with Crippen LogP contribution in [0.25, 0.3) is 11.1 Å². The maximum atomic E-state index is 12.9. The summed E-state index contributed by atoms with van der Waals surface area (Å²) < 4.78 is 0. The Morgan fingerprint density at radius 1 is 1.33 bits per heavy atom. The van der Waals surface area contributed by atoms with Crippen molar-refractivity contribution in [2.24, 2.45) is 5.16 Å². The van der Waals surface area contributed by atoms with Crippen molar-refractivity contribution in [1.29, 1.82) is 5.26 Å². The van der Waals surface area contributed by atoms with E-state index in [4.69, 9.17) is 4.84 Å². The molecule has 0 saturated carbocycles. The van der Waals surface area contributed by atoms with Crippen molar-refractivity contribution >= 4 is 11.6 Å². The third kappa shape index (κ3) is 3.69. The highest BCUT2D eigenvalue weighted by molar-refractivity contribution is 6.00. The van der Waals surface area contributed by atoms with E-state index in [1.54, 1.807) is 17.0 Å². The fourth-order valence-corrected chi connectivity index (χ4v) is 3.38. The molecule has 1 amide bonds. The molecule has 1 heterocycles. The van der Waals surface area contributed by atoms with Gasteiger partial charge in [-0.1, -0.05) is 35.5 Å². The van der Waals surface area contributed by atoms with Crippen LogP contribution in [0.2, 0.25) is 0 Å². The highest BCUT2D eigenvalue weighted by atomic mass is 16.6. The van der Waals surface area contributed by atoms with E-state index in [-0.39, 0.29) is 18.6 Å². The predicted molar refractivity (Wildman–Crippen MR) is 102 cm³/mol. The average molecular weight is 363 g/mol. The Morgan fingerprint density at radius 3 is 2.70 bits per heavy atom. The van der Waals surface area contributed by atoms with Crippen molar-refractivity contribution in [3.05, 3.63) is 59.2 Å². The molecule has 0 aliphatic carbocycles. The minimum atomic E-state index is -0.298. The molecule has 1 fully saturated rings. The highest BCUT2D eigenvalue weighted by Crippen LogP contribution is 2.27. The lowest BCUT2D eigenvalue weighted by Gasteiger charge is -2.22. The largest absolute Gasteiger partial charge is 0.399 e. The summed E-state index contributed by atoms with van der Waals surface area (Å²) in [6, 6.07) is 14.9. The molecule has 1 aliphatic heterocycles. The lowest BCUT2D eigenvalue weighted by Crippen LogP contribution is -2.37. The Labute approximate surface area is 158 Å². The van der Waals surface area contributed by atoms with Crippen LogP contribution in [0.1, 0.15) is 27.9 Å². The summed E-state index contributed by atoms with van der Waals surface area (Å²) in [6.45, 7) is 2.12. The van der Waals surface area contributed by atoms with Gasteiger partial charge in [0.05, 0.1) is 30.5 Å². The number of aliphatic hydroxyl groups excluding tert-OH is 1. The van der Waals surface area contributed by atoms with Crippen molar-refractivity contribution < 1.29 is 14.7 Å². The molecule has 0 radical (unpaired) electrons. The van der Waals surface area contributed by atoms with Crippen molar-refractivity contribution in [3.8, 4) is 17.2 Å². The van der Waals surface area contributed by atoms with Gasteiger partial charge in [-0.2, -0.15) is 5.26 Å². The average Bonchev–Trinajstić information content (AvgIpc) is 3.10. The Kier molecular flexibility index (Phi) is 5.53. The molecule has 6 nitrogen and oxygen atoms in total. The molecule has 3 rings (SSSR count). The molecule has 6 heteroatoms. The van der Waals surface area contributed by atoms with E-state index >= 15 is 0 Å². The zero-order valence-electron chi connectivity index (χ0n) is 15.3. The third-order valence-electron chi connectivity index (χ3n) is 4.78. The monoisotopic (exact) mass is 363 g/mol. The minimum Gasteiger partial charge on any atom is -0.399 e. The first-order valence-electron chi connectivity index (χ1n) is 8.70. The number of carbonyl (C=O) groups is 1. The molecule has 2 aromatic carbocycles. The molecule has 0 unspecified atom stereocenters. The second-order valence-corrected chi connectivity index (χ2v) is 6.50. The number of nitriles is 1. The van der Waals surface area contributed by atoms with Crippen molar-refractivity contribution in [3.63, 3.8) is 0 Å². The molecule has 0 aromatic heterocycles. The molecule has 1 N–H and O–H groups in total. The number of hydrogen-bond acceptors (Lipinski definition) is 5. The van der Waals surface area contributed by atoms with Gasteiger partial charge in [0.15, 0.2) is 0 Å². The van der Waals surface area contributed by atoms with Crippen LogP contribution in [0.4, 0.5) is 0 Å². The first-order chi connectivity index (χ1) is 13.1. The molecule has 0 spiro atoms. The molecular weight excluding hydrogens is 342 g/mol. The summed E-state index contributed by atoms with van der Waals surface area (Å²) in [5.41, 5.74) is 4.55. The fraction of sp³-hybridized carbons (Fsp3) is 0.286. The lowest BCUT2D eigenvalue weighted by atomic mass is 9.96. The van der Waals surface area contributed by atoms with E-state index < -0.39 is 0 Å². The van der Waals surface area contributed by atoms with Crippen LogP contribution in [0.5, 0.6) is 0 Å². The molecule has 138 valence electrons. The Morgan fingerprint density at radius 2 is 2.07 bits per heavy atom. The standard InChI is InChI=1S/C21H21N3O3/c1-14-4-3-5-19(20(14)11-22)15-6-8-16(9-7-15)21(26)24-12-17(23-27-2)10-18(24)13-25/h3-9,18,25H,10,12-13H2,1-2H3/b23-17-/t18-/m0/s1. The van der Waals surface area contributed by atoms with Gasteiger partial charge in [-0.15, -0.1) is 0 Å². The first-order valence-corrected chi connectivity index (χ1v) is 8.70. The van der Waals surface area contributed by atoms with Gasteiger partial charge in [-0.3, -0.25) is 4.79 Å². The van der Waals surface area contributed by atoms with E-state index in [0.29, 0.717) is 24.1 Å². The number of oxime groups is 1. The van der Waals surface area contributed by atoms with Gasteiger partial charge < -0.3 is 14.8 Å². The zero-order valence-corrected chi connectivity index (χ0v) is 15.3. The second-order valence-electron chi connectivity index (χ2n) is 6.50. The van der Waals surface area contributed by atoms with Gasteiger partial charge >= 0.3 is 0 Å². The van der Waals surface area contributed by atoms with Crippen molar-refractivity contribution in [2.45, 2.75) is 19.4 Å². The van der Waals surface area contributed by atoms with Crippen LogP contribution in [0, 0.1) is 18.3 Å². The molecule has 1 atom stereocenters. The maximum Gasteiger partial charge on any atom is 0.254 e. The third-order valence-corrected chi connectivity index (χ3v) is 4.78. The van der Waals surface area contributed by atoms with E-state index in [1.807, 2.05) is 37.3 Å². The van der Waals surface area contributed by atoms with Crippen LogP contribution in [0.15, 0.2) is 47.6 Å². The quantitative estimate of drug-likeness (QED) is 0.847. The van der Waals surface area contributed by atoms with E-state index in [0.717, 1.165) is 22.4 Å². The summed E-state index contributed by atoms with van der Waals surface area (Å²) in [5, 5.41) is 22.9. The van der Waals surface area contributed by atoms with Crippen molar-refractivity contribution in [1.82, 2.24) is 4.90 Å². The number of aliphatic hydroxyl groups is 1. The van der Waals surface area contributed by atoms with Crippen LogP contribution >= 0.6 is 0 Å². The summed E-state index contributed by atoms with van der Waals surface area (Å²) >= 11 is 0. The number of carbonyl (C=O) groups excluding carboxylic acids is 1. The van der Waals surface area contributed by atoms with Gasteiger partial charge in [-0.25, -0.2) is 0 Å². The first kappa shape index (κ1) is 18.6. The van der Waals surface area contributed by atoms with Crippen LogP contribution in [-0.2, 0) is 4.84 Å². The number of aryl methyl sites for hydroxylation is 1. The number of benzene rings is 2. The van der Waals surface area contributed by atoms with E-state index in [9.17, 15) is 15.2 Å². The Bertz CT molecular complexity index is 913. The van der Waals surface area contributed by atoms with E-state index in [1.165, 1.54) is 7.11 Å². The van der Waals surface area contributed by atoms with Crippen LogP contribution in [-0.4, -0.2) is 47.9 Å². The molecule has 1 aliphatic rings. The van der Waals surface area contributed by atoms with Gasteiger partial charge in [0, 0.05) is 12.0 Å². The summed E-state index contributed by atoms with van der Waals surface area (Å²) in [4.78, 5) is 19.3. The summed E-state index contributed by atoms with van der Waals surface area (Å²) in [6.07, 6.45) is 0.503. The molecular formula is C21H21N3O3. The number of likely N-dealkylation sites (tertiary alicyclic amines) is 1. The van der Waals surface area contributed by atoms with Gasteiger partial charge in [0.25, 0.3) is 5.91 Å². The van der Waals surface area contributed by atoms with Gasteiger partial charge in [-0.05, 0) is 35.7 Å². The number of amides is 1. The number of nitrogens with zero attached hydrogens (tertiary/aromatic N) is 3. The smallest absolute Gasteiger partial charge is 0.254 e. The minimum absolute atomic E-state index is 0.124. The van der Waals surface area contributed by atoms with Gasteiger partial charge in [0.1, 0.15) is 13.2 Å². The Balaban J connectivity index is 1.86. The van der Waals surface area contributed by atoms with Gasteiger partial charge in [0.2, 0.25) is 0 Å². The molecule has 0 bridgehead atoms. The topological polar surface area (TPSA) is 85.9 Å². The SMILES string of the molecule is CO/N=C1/C[C@@H](CO)N(C(=O)c2ccc(-c3cccc(C)c3C#N)cc2)C1. The lowest BCUT2D eigenvalue weighted by molar-refractivity contribution is 0.0680. The zero-order chi connectivity index (χ0) is 19.4. The second kappa shape index (κ2) is 8.02. The van der Waals surface area contributed by atoms with Crippen LogP contribution < -0.4 is 0 Å². The van der Waals surface area contributed by atoms with Crippen molar-refractivity contribution in [2.75, 3.05) is 20.3 Å². The molecule has 1 saturated heterocycles. The number of hydrogen-bond donors (Lipinski definition) is 1. The van der Waals surface area contributed by atoms with E-state index in [2.05, 4.69) is 11.2 Å². The van der Waals surface area contributed by atoms with Crippen LogP contribution in [0.3, 0.4) is 0 Å². The predicted octanol–water partition coefficient (Wildman–Crippen LogP) is 2.74. The maximum absolute atomic E-state index is 12.9. The highest BCUT2D eigenvalue weighted by Gasteiger charge is 2.33. The normalized spacial score (nSPS) is 17.8. The fourth-order valence-electron chi connectivity index (χ4n) is 3.38. The summed E-state index contributed by atoms with van der Waals surface area (Å²) in [5.74, 6) is -0.161. The molecule has 27 heavy (non-hydrogen) atoms. The number of rotatable bonds is 4.